The van der Waals surface area contributed by atoms with Gasteiger partial charge in [0.05, 0.1) is 10.2 Å². The van der Waals surface area contributed by atoms with Crippen molar-refractivity contribution in [3.05, 3.63) is 58.3 Å². The van der Waals surface area contributed by atoms with Gasteiger partial charge in [0, 0.05) is 24.4 Å². The van der Waals surface area contributed by atoms with Crippen molar-refractivity contribution in [2.45, 2.75) is 10.8 Å². The van der Waals surface area contributed by atoms with Gasteiger partial charge in [0.1, 0.15) is 11.7 Å². The molecule has 1 N–H and O–H groups in total. The highest BCUT2D eigenvalue weighted by Crippen LogP contribution is 2.36. The summed E-state index contributed by atoms with van der Waals surface area (Å²) in [6.45, 7) is 0.416. The van der Waals surface area contributed by atoms with E-state index >= 15 is 0 Å². The summed E-state index contributed by atoms with van der Waals surface area (Å²) in [7, 11) is 1.68. The first kappa shape index (κ1) is 18.9. The van der Waals surface area contributed by atoms with Gasteiger partial charge >= 0.3 is 0 Å². The molecule has 0 radical (unpaired) electrons. The number of para-hydroxylation sites is 1. The highest BCUT2D eigenvalue weighted by atomic mass is 79.9. The van der Waals surface area contributed by atoms with Crippen LogP contribution in [-0.2, 0) is 9.59 Å². The Morgan fingerprint density at radius 3 is 2.73 bits per heavy atom. The maximum absolute atomic E-state index is 13.6. The minimum Gasteiger partial charge on any atom is -0.344 e. The number of likely N-dealkylation sites (N-methyl/N-ethyl adjacent to an activating group) is 1. The molecule has 2 amide bonds. The van der Waals surface area contributed by atoms with Crippen molar-refractivity contribution in [3.8, 4) is 0 Å². The number of anilines is 1. The van der Waals surface area contributed by atoms with E-state index in [1.54, 1.807) is 24.1 Å². The standard InChI is InChI=1S/C19H18BrFN2O2S/c1-23-10-12(11-7-8-14(21)13(20)9-11)17(19(23)25)18(24)22-15-5-3-4-6-16(15)26-2/h3-9,12,17H,10H2,1-2H3,(H,22,24)/t12-,17+/m1/s1. The molecule has 1 aliphatic heterocycles. The lowest BCUT2D eigenvalue weighted by molar-refractivity contribution is -0.135. The Kier molecular flexibility index (Phi) is 5.67. The van der Waals surface area contributed by atoms with Gasteiger partial charge in [0.25, 0.3) is 0 Å². The topological polar surface area (TPSA) is 49.4 Å². The molecule has 1 saturated heterocycles. The lowest BCUT2D eigenvalue weighted by Crippen LogP contribution is -2.32. The third-order valence-corrected chi connectivity index (χ3v) is 5.94. The third-order valence-electron chi connectivity index (χ3n) is 4.53. The molecule has 2 atom stereocenters. The van der Waals surface area contributed by atoms with Crippen molar-refractivity contribution < 1.29 is 14.0 Å². The van der Waals surface area contributed by atoms with Gasteiger partial charge in [0.15, 0.2) is 0 Å². The molecule has 0 spiro atoms. The number of rotatable bonds is 4. The smallest absolute Gasteiger partial charge is 0.237 e. The van der Waals surface area contributed by atoms with Crippen LogP contribution in [0.3, 0.4) is 0 Å². The van der Waals surface area contributed by atoms with Crippen LogP contribution in [0.25, 0.3) is 0 Å². The van der Waals surface area contributed by atoms with E-state index in [1.165, 1.54) is 17.8 Å². The maximum atomic E-state index is 13.6. The second kappa shape index (κ2) is 7.80. The molecular weight excluding hydrogens is 419 g/mol. The summed E-state index contributed by atoms with van der Waals surface area (Å²) in [4.78, 5) is 28.0. The number of likely N-dealkylation sites (tertiary alicyclic amines) is 1. The first-order valence-corrected chi connectivity index (χ1v) is 10.1. The molecule has 7 heteroatoms. The normalized spacial score (nSPS) is 19.7. The summed E-state index contributed by atoms with van der Waals surface area (Å²) < 4.78 is 13.9. The summed E-state index contributed by atoms with van der Waals surface area (Å²) in [5, 5.41) is 2.89. The van der Waals surface area contributed by atoms with Crippen molar-refractivity contribution in [3.63, 3.8) is 0 Å². The van der Waals surface area contributed by atoms with Gasteiger partial charge in [-0.25, -0.2) is 4.39 Å². The second-order valence-corrected chi connectivity index (χ2v) is 7.87. The van der Waals surface area contributed by atoms with Crippen molar-refractivity contribution >= 4 is 45.2 Å². The Bertz CT molecular complexity index is 861. The van der Waals surface area contributed by atoms with E-state index in [0.717, 1.165) is 10.5 Å². The van der Waals surface area contributed by atoms with Gasteiger partial charge in [0.2, 0.25) is 11.8 Å². The minimum absolute atomic E-state index is 0.227. The molecule has 2 aromatic carbocycles. The lowest BCUT2D eigenvalue weighted by atomic mass is 9.88. The van der Waals surface area contributed by atoms with Crippen molar-refractivity contribution in [1.82, 2.24) is 4.90 Å². The largest absolute Gasteiger partial charge is 0.344 e. The molecule has 26 heavy (non-hydrogen) atoms. The second-order valence-electron chi connectivity index (χ2n) is 6.17. The molecule has 3 rings (SSSR count). The first-order valence-electron chi connectivity index (χ1n) is 8.06. The molecule has 0 unspecified atom stereocenters. The fraction of sp³-hybridized carbons (Fsp3) is 0.263. The van der Waals surface area contributed by atoms with Crippen LogP contribution in [0.15, 0.2) is 51.8 Å². The van der Waals surface area contributed by atoms with Crippen molar-refractivity contribution in [1.29, 1.82) is 0 Å². The molecule has 4 nitrogen and oxygen atoms in total. The molecule has 0 aliphatic carbocycles. The van der Waals surface area contributed by atoms with Gasteiger partial charge in [-0.05, 0) is 52.0 Å². The Labute approximate surface area is 164 Å². The number of amides is 2. The molecule has 0 bridgehead atoms. The van der Waals surface area contributed by atoms with Crippen LogP contribution >= 0.6 is 27.7 Å². The fourth-order valence-electron chi connectivity index (χ4n) is 3.19. The van der Waals surface area contributed by atoms with Crippen LogP contribution in [0.2, 0.25) is 0 Å². The number of benzene rings is 2. The van der Waals surface area contributed by atoms with Crippen LogP contribution in [0.5, 0.6) is 0 Å². The zero-order valence-electron chi connectivity index (χ0n) is 14.3. The van der Waals surface area contributed by atoms with Gasteiger partial charge in [-0.1, -0.05) is 18.2 Å². The Hall–Kier alpha value is -1.86. The highest BCUT2D eigenvalue weighted by Gasteiger charge is 2.44. The Morgan fingerprint density at radius 1 is 1.31 bits per heavy atom. The van der Waals surface area contributed by atoms with E-state index in [-0.39, 0.29) is 23.5 Å². The fourth-order valence-corrected chi connectivity index (χ4v) is 4.14. The molecule has 1 heterocycles. The number of hydrogen-bond acceptors (Lipinski definition) is 3. The molecule has 2 aromatic rings. The highest BCUT2D eigenvalue weighted by molar-refractivity contribution is 9.10. The quantitative estimate of drug-likeness (QED) is 0.579. The van der Waals surface area contributed by atoms with Crippen LogP contribution in [0.4, 0.5) is 10.1 Å². The average molecular weight is 437 g/mol. The number of nitrogens with zero attached hydrogens (tertiary/aromatic N) is 1. The predicted molar refractivity (Wildman–Crippen MR) is 105 cm³/mol. The number of carbonyl (C=O) groups excluding carboxylic acids is 2. The zero-order chi connectivity index (χ0) is 18.8. The first-order chi connectivity index (χ1) is 12.4. The van der Waals surface area contributed by atoms with Crippen LogP contribution in [0, 0.1) is 11.7 Å². The van der Waals surface area contributed by atoms with E-state index in [4.69, 9.17) is 0 Å². The summed E-state index contributed by atoms with van der Waals surface area (Å²) in [6.07, 6.45) is 1.93. The summed E-state index contributed by atoms with van der Waals surface area (Å²) in [6, 6.07) is 12.1. The SMILES string of the molecule is CSc1ccccc1NC(=O)[C@H]1C(=O)N(C)C[C@@H]1c1ccc(F)c(Br)c1. The van der Waals surface area contributed by atoms with E-state index < -0.39 is 5.92 Å². The van der Waals surface area contributed by atoms with Crippen molar-refractivity contribution in [2.24, 2.45) is 5.92 Å². The third kappa shape index (κ3) is 3.64. The number of halogens is 2. The lowest BCUT2D eigenvalue weighted by Gasteiger charge is -2.18. The Morgan fingerprint density at radius 2 is 2.04 bits per heavy atom. The van der Waals surface area contributed by atoms with E-state index in [2.05, 4.69) is 21.2 Å². The Balaban J connectivity index is 1.90. The molecule has 0 aromatic heterocycles. The van der Waals surface area contributed by atoms with Crippen LogP contribution in [0.1, 0.15) is 11.5 Å². The van der Waals surface area contributed by atoms with E-state index in [0.29, 0.717) is 16.7 Å². The van der Waals surface area contributed by atoms with Gasteiger partial charge in [-0.2, -0.15) is 0 Å². The van der Waals surface area contributed by atoms with E-state index in [9.17, 15) is 14.0 Å². The predicted octanol–water partition coefficient (Wildman–Crippen LogP) is 4.12. The van der Waals surface area contributed by atoms with Gasteiger partial charge < -0.3 is 10.2 Å². The van der Waals surface area contributed by atoms with Crippen molar-refractivity contribution in [2.75, 3.05) is 25.2 Å². The summed E-state index contributed by atoms with van der Waals surface area (Å²) in [5.41, 5.74) is 1.45. The summed E-state index contributed by atoms with van der Waals surface area (Å²) >= 11 is 4.70. The molecular formula is C19H18BrFN2O2S. The van der Waals surface area contributed by atoms with Gasteiger partial charge in [-0.15, -0.1) is 11.8 Å². The monoisotopic (exact) mass is 436 g/mol. The van der Waals surface area contributed by atoms with Gasteiger partial charge in [-0.3, -0.25) is 9.59 Å². The zero-order valence-corrected chi connectivity index (χ0v) is 16.7. The van der Waals surface area contributed by atoms with Crippen LogP contribution in [-0.4, -0.2) is 36.6 Å². The minimum atomic E-state index is -0.840. The van der Waals surface area contributed by atoms with E-state index in [1.807, 2.05) is 30.5 Å². The number of hydrogen-bond donors (Lipinski definition) is 1. The number of thioether (sulfide) groups is 1. The molecule has 1 aliphatic rings. The molecule has 0 saturated carbocycles. The van der Waals surface area contributed by atoms with Crippen LogP contribution < -0.4 is 5.32 Å². The molecule has 1 fully saturated rings. The number of carbonyl (C=O) groups is 2. The average Bonchev–Trinajstić information content (AvgIpc) is 2.93. The number of nitrogens with one attached hydrogen (secondary N) is 1. The maximum Gasteiger partial charge on any atom is 0.237 e. The summed E-state index contributed by atoms with van der Waals surface area (Å²) in [5.74, 6) is -2.11. The molecule has 136 valence electrons.